The van der Waals surface area contributed by atoms with E-state index in [4.69, 9.17) is 37.9 Å². The molecule has 4 atom stereocenters. The normalized spacial score (nSPS) is 19.1. The zero-order valence-electron chi connectivity index (χ0n) is 31.1. The van der Waals surface area contributed by atoms with Crippen LogP contribution < -0.4 is 14.2 Å². The summed E-state index contributed by atoms with van der Waals surface area (Å²) in [5, 5.41) is 23.0. The van der Waals surface area contributed by atoms with E-state index in [9.17, 15) is 10.2 Å². The molecule has 0 saturated carbocycles. The fourth-order valence-corrected chi connectivity index (χ4v) is 6.53. The fraction of sp³-hybridized carbons (Fsp3) is 0.641. The largest absolute Gasteiger partial charge is 0.497 e. The second-order valence-corrected chi connectivity index (χ2v) is 13.4. The van der Waals surface area contributed by atoms with Gasteiger partial charge in [-0.15, -0.1) is 0 Å². The van der Waals surface area contributed by atoms with E-state index >= 15 is 0 Å². The van der Waals surface area contributed by atoms with Gasteiger partial charge in [0.2, 0.25) is 0 Å². The molecule has 49 heavy (non-hydrogen) atoms. The Labute approximate surface area is 293 Å². The van der Waals surface area contributed by atoms with Crippen molar-refractivity contribution in [3.63, 3.8) is 0 Å². The lowest BCUT2D eigenvalue weighted by Crippen LogP contribution is -2.49. The van der Waals surface area contributed by atoms with E-state index in [1.54, 1.807) is 14.2 Å². The Morgan fingerprint density at radius 3 is 2.24 bits per heavy atom. The summed E-state index contributed by atoms with van der Waals surface area (Å²) in [6.07, 6.45) is 4.12. The van der Waals surface area contributed by atoms with Crippen molar-refractivity contribution in [1.82, 2.24) is 0 Å². The Morgan fingerprint density at radius 1 is 1.00 bits per heavy atom. The summed E-state index contributed by atoms with van der Waals surface area (Å²) >= 11 is 0. The van der Waals surface area contributed by atoms with Gasteiger partial charge >= 0.3 is 0 Å². The molecular formula is C39H60O10. The fourth-order valence-electron chi connectivity index (χ4n) is 6.53. The molecule has 0 bridgehead atoms. The molecule has 1 aliphatic rings. The predicted molar refractivity (Wildman–Crippen MR) is 189 cm³/mol. The molecule has 1 saturated heterocycles. The average molecular weight is 689 g/mol. The topological polar surface area (TPSA) is 114 Å². The van der Waals surface area contributed by atoms with E-state index in [-0.39, 0.29) is 44.2 Å². The zero-order chi connectivity index (χ0) is 36.0. The second-order valence-electron chi connectivity index (χ2n) is 13.4. The average Bonchev–Trinajstić information content (AvgIpc) is 3.07. The first-order chi connectivity index (χ1) is 23.5. The summed E-state index contributed by atoms with van der Waals surface area (Å²) < 4.78 is 47.2. The molecule has 0 spiro atoms. The van der Waals surface area contributed by atoms with Crippen molar-refractivity contribution in [2.45, 2.75) is 111 Å². The highest BCUT2D eigenvalue weighted by atomic mass is 16.7. The van der Waals surface area contributed by atoms with Crippen molar-refractivity contribution in [3.8, 4) is 17.2 Å². The van der Waals surface area contributed by atoms with Crippen LogP contribution in [0.3, 0.4) is 0 Å². The number of benzene rings is 2. The third-order valence-corrected chi connectivity index (χ3v) is 8.57. The van der Waals surface area contributed by atoms with Gasteiger partial charge in [0.25, 0.3) is 0 Å². The van der Waals surface area contributed by atoms with Gasteiger partial charge < -0.3 is 48.1 Å². The summed E-state index contributed by atoms with van der Waals surface area (Å²) in [6.45, 7) is 12.7. The van der Waals surface area contributed by atoms with Crippen LogP contribution in [0.2, 0.25) is 0 Å². The Hall–Kier alpha value is -2.70. The van der Waals surface area contributed by atoms with Crippen LogP contribution in [0.15, 0.2) is 42.0 Å². The maximum absolute atomic E-state index is 12.4. The van der Waals surface area contributed by atoms with Crippen molar-refractivity contribution < 1.29 is 48.1 Å². The first-order valence-corrected chi connectivity index (χ1v) is 17.5. The van der Waals surface area contributed by atoms with Crippen LogP contribution in [-0.4, -0.2) is 69.7 Å². The van der Waals surface area contributed by atoms with Crippen LogP contribution >= 0.6 is 0 Å². The highest BCUT2D eigenvalue weighted by molar-refractivity contribution is 5.56. The number of rotatable bonds is 21. The molecule has 1 unspecified atom stereocenters. The van der Waals surface area contributed by atoms with Crippen LogP contribution in [0.5, 0.6) is 17.2 Å². The molecule has 2 aromatic carbocycles. The summed E-state index contributed by atoms with van der Waals surface area (Å²) in [4.78, 5) is 0. The first-order valence-electron chi connectivity index (χ1n) is 17.5. The van der Waals surface area contributed by atoms with Crippen molar-refractivity contribution in [3.05, 3.63) is 64.2 Å². The molecule has 0 amide bonds. The van der Waals surface area contributed by atoms with E-state index in [2.05, 4.69) is 33.8 Å². The van der Waals surface area contributed by atoms with E-state index in [0.29, 0.717) is 55.1 Å². The van der Waals surface area contributed by atoms with Crippen molar-refractivity contribution in [1.29, 1.82) is 0 Å². The summed E-state index contributed by atoms with van der Waals surface area (Å²) in [5.41, 5.74) is 3.98. The molecular weight excluding hydrogens is 628 g/mol. The number of methoxy groups -OCH3 is 3. The van der Waals surface area contributed by atoms with Gasteiger partial charge in [0, 0.05) is 32.1 Å². The lowest BCUT2D eigenvalue weighted by Gasteiger charge is -2.45. The van der Waals surface area contributed by atoms with E-state index < -0.39 is 11.9 Å². The molecule has 1 aliphatic heterocycles. The standard InChI is InChI=1S/C39H60O10/c1-10-12-28(23-45-22-27-14-16-30(44-9)17-15-27)34-20-35(49-39(5,6)48-34)31(13-11-2)36(41)32-19-29(18-26(3)4)37(46-24-42-7)33(21-40)38(32)47-25-43-8/h12,14-17,19,26,31,34-36,40-41H,10-11,13,18,20-25H2,1-9H3/b28-12+/t31-,34+,35+,36?/m0/s1. The number of allylic oxidation sites excluding steroid dienone is 1. The van der Waals surface area contributed by atoms with Gasteiger partial charge in [0.05, 0.1) is 50.8 Å². The lowest BCUT2D eigenvalue weighted by molar-refractivity contribution is -0.306. The van der Waals surface area contributed by atoms with Gasteiger partial charge in [-0.3, -0.25) is 0 Å². The molecule has 2 N–H and O–H groups in total. The van der Waals surface area contributed by atoms with Crippen LogP contribution in [0.25, 0.3) is 0 Å². The predicted octanol–water partition coefficient (Wildman–Crippen LogP) is 7.26. The number of hydrogen-bond acceptors (Lipinski definition) is 10. The maximum Gasteiger partial charge on any atom is 0.188 e. The minimum atomic E-state index is -0.982. The number of aliphatic hydroxyl groups excluding tert-OH is 2. The quantitative estimate of drug-likeness (QED) is 0.103. The SMILES string of the molecule is CC/C=C(\COCc1ccc(OC)cc1)[C@H]1C[C@H]([C@H](CCC)C(O)c2cc(CC(C)C)c(OCOC)c(CO)c2OCOC)OC(C)(C)O1. The third kappa shape index (κ3) is 11.7. The van der Waals surface area contributed by atoms with Crippen molar-refractivity contribution in [2.75, 3.05) is 41.5 Å². The lowest BCUT2D eigenvalue weighted by atomic mass is 9.81. The van der Waals surface area contributed by atoms with Crippen LogP contribution in [0, 0.1) is 11.8 Å². The Balaban J connectivity index is 1.98. The molecule has 2 aromatic rings. The zero-order valence-corrected chi connectivity index (χ0v) is 31.1. The molecule has 0 aliphatic carbocycles. The van der Waals surface area contributed by atoms with Gasteiger partial charge in [-0.2, -0.15) is 0 Å². The molecule has 10 heteroatoms. The third-order valence-electron chi connectivity index (χ3n) is 8.57. The minimum absolute atomic E-state index is 0.00593. The summed E-state index contributed by atoms with van der Waals surface area (Å²) in [6, 6.07) is 9.80. The second kappa shape index (κ2) is 20.2. The van der Waals surface area contributed by atoms with Gasteiger partial charge in [-0.1, -0.05) is 52.3 Å². The van der Waals surface area contributed by atoms with E-state index in [0.717, 1.165) is 35.3 Å². The van der Waals surface area contributed by atoms with Gasteiger partial charge in [0.1, 0.15) is 17.2 Å². The summed E-state index contributed by atoms with van der Waals surface area (Å²) in [7, 11) is 4.73. The first kappa shape index (κ1) is 40.7. The molecule has 0 radical (unpaired) electrons. The molecule has 276 valence electrons. The monoisotopic (exact) mass is 688 g/mol. The molecule has 10 nitrogen and oxygen atoms in total. The Kier molecular flexibility index (Phi) is 16.8. The van der Waals surface area contributed by atoms with Gasteiger partial charge in [-0.25, -0.2) is 0 Å². The Morgan fingerprint density at radius 2 is 1.67 bits per heavy atom. The molecule has 1 fully saturated rings. The molecule has 1 heterocycles. The van der Waals surface area contributed by atoms with Gasteiger partial charge in [-0.05, 0) is 73.9 Å². The number of hydrogen-bond donors (Lipinski definition) is 2. The summed E-state index contributed by atoms with van der Waals surface area (Å²) in [5.74, 6) is 0.716. The highest BCUT2D eigenvalue weighted by Crippen LogP contribution is 2.46. The highest BCUT2D eigenvalue weighted by Gasteiger charge is 2.43. The van der Waals surface area contributed by atoms with Crippen LogP contribution in [-0.2, 0) is 43.3 Å². The number of ether oxygens (including phenoxy) is 8. The van der Waals surface area contributed by atoms with Crippen molar-refractivity contribution >= 4 is 0 Å². The molecule has 3 rings (SSSR count). The number of aliphatic hydroxyl groups is 2. The maximum atomic E-state index is 12.4. The minimum Gasteiger partial charge on any atom is -0.497 e. The van der Waals surface area contributed by atoms with Gasteiger partial charge in [0.15, 0.2) is 19.4 Å². The van der Waals surface area contributed by atoms with Crippen molar-refractivity contribution in [2.24, 2.45) is 11.8 Å². The smallest absolute Gasteiger partial charge is 0.188 e. The van der Waals surface area contributed by atoms with E-state index in [1.807, 2.05) is 44.2 Å². The molecule has 0 aromatic heterocycles. The van der Waals surface area contributed by atoms with E-state index in [1.165, 1.54) is 7.11 Å². The Bertz CT molecular complexity index is 1290. The van der Waals surface area contributed by atoms with Crippen LogP contribution in [0.4, 0.5) is 0 Å². The van der Waals surface area contributed by atoms with Crippen LogP contribution in [0.1, 0.15) is 95.6 Å².